The summed E-state index contributed by atoms with van der Waals surface area (Å²) in [6, 6.07) is 0. The average Bonchev–Trinajstić information content (AvgIpc) is 1.38. The predicted octanol–water partition coefficient (Wildman–Crippen LogP) is 20.9. The van der Waals surface area contributed by atoms with Gasteiger partial charge < -0.3 is 33.8 Å². The van der Waals surface area contributed by atoms with E-state index in [1.807, 2.05) is 0 Å². The summed E-state index contributed by atoms with van der Waals surface area (Å²) in [6.07, 6.45) is 46.0. The third-order valence-corrected chi connectivity index (χ3v) is 19.1. The zero-order chi connectivity index (χ0) is 68.2. The van der Waals surface area contributed by atoms with Crippen LogP contribution >= 0.6 is 15.6 Å². The Bertz CT molecular complexity index is 1820. The summed E-state index contributed by atoms with van der Waals surface area (Å²) in [5.41, 5.74) is 0. The molecule has 3 N–H and O–H groups in total. The first-order valence-electron chi connectivity index (χ1n) is 37.7. The lowest BCUT2D eigenvalue weighted by Gasteiger charge is -2.21. The van der Waals surface area contributed by atoms with Crippen LogP contribution in [0, 0.1) is 23.7 Å². The van der Waals surface area contributed by atoms with Crippen molar-refractivity contribution < 1.29 is 80.2 Å². The Labute approximate surface area is 562 Å². The van der Waals surface area contributed by atoms with Crippen molar-refractivity contribution in [3.63, 3.8) is 0 Å². The van der Waals surface area contributed by atoms with E-state index >= 15 is 0 Å². The van der Waals surface area contributed by atoms with Gasteiger partial charge in [0.2, 0.25) is 0 Å². The smallest absolute Gasteiger partial charge is 0.462 e. The minimum absolute atomic E-state index is 0.101. The molecule has 6 atom stereocenters. The maximum Gasteiger partial charge on any atom is 0.472 e. The second kappa shape index (κ2) is 62.6. The van der Waals surface area contributed by atoms with Crippen LogP contribution in [0.5, 0.6) is 0 Å². The van der Waals surface area contributed by atoms with Gasteiger partial charge in [0, 0.05) is 25.7 Å². The topological polar surface area (TPSA) is 237 Å². The highest BCUT2D eigenvalue weighted by molar-refractivity contribution is 7.47. The van der Waals surface area contributed by atoms with Crippen molar-refractivity contribution in [2.24, 2.45) is 23.7 Å². The molecule has 0 amide bonds. The molecule has 3 unspecified atom stereocenters. The van der Waals surface area contributed by atoms with Gasteiger partial charge in [-0.1, -0.05) is 312 Å². The molecule has 0 saturated carbocycles. The van der Waals surface area contributed by atoms with Crippen molar-refractivity contribution in [2.45, 2.75) is 382 Å². The highest BCUT2D eigenvalue weighted by Gasteiger charge is 2.30. The number of hydrogen-bond acceptors (Lipinski definition) is 15. The van der Waals surface area contributed by atoms with Crippen LogP contribution in [0.25, 0.3) is 0 Å². The molecule has 0 aromatic rings. The quantitative estimate of drug-likeness (QED) is 0.0222. The first kappa shape index (κ1) is 90.1. The Kier molecular flexibility index (Phi) is 61.3. The molecule has 0 bridgehead atoms. The molecule has 0 radical (unpaired) electrons. The van der Waals surface area contributed by atoms with Gasteiger partial charge in [0.1, 0.15) is 19.3 Å². The number of carbonyl (C=O) groups excluding carboxylic acids is 4. The van der Waals surface area contributed by atoms with E-state index in [4.69, 9.17) is 37.0 Å². The summed E-state index contributed by atoms with van der Waals surface area (Å²) in [7, 11) is -9.91. The number of ether oxygens (including phenoxy) is 4. The van der Waals surface area contributed by atoms with Crippen LogP contribution in [0.3, 0.4) is 0 Å². The highest BCUT2D eigenvalue weighted by atomic mass is 31.2. The summed E-state index contributed by atoms with van der Waals surface area (Å²) < 4.78 is 68.3. The third-order valence-electron chi connectivity index (χ3n) is 17.2. The summed E-state index contributed by atoms with van der Waals surface area (Å²) in [5, 5.41) is 10.6. The van der Waals surface area contributed by atoms with Crippen LogP contribution in [0.4, 0.5) is 0 Å². The third kappa shape index (κ3) is 65.4. The van der Waals surface area contributed by atoms with Crippen molar-refractivity contribution in [3.05, 3.63) is 0 Å². The molecule has 0 aliphatic heterocycles. The molecule has 546 valence electrons. The molecule has 0 saturated heterocycles. The summed E-state index contributed by atoms with van der Waals surface area (Å²) in [5.74, 6) is 0.857. The number of rotatable bonds is 70. The van der Waals surface area contributed by atoms with Crippen LogP contribution in [0.1, 0.15) is 364 Å². The lowest BCUT2D eigenvalue weighted by molar-refractivity contribution is -0.161. The second-order valence-corrected chi connectivity index (χ2v) is 30.9. The van der Waals surface area contributed by atoms with E-state index in [1.54, 1.807) is 0 Å². The Morgan fingerprint density at radius 2 is 0.522 bits per heavy atom. The number of esters is 4. The van der Waals surface area contributed by atoms with Crippen LogP contribution < -0.4 is 0 Å². The largest absolute Gasteiger partial charge is 0.472 e. The average molecular weight is 1350 g/mol. The number of unbranched alkanes of at least 4 members (excludes halogenated alkanes) is 35. The van der Waals surface area contributed by atoms with E-state index in [2.05, 4.69) is 55.4 Å². The van der Waals surface area contributed by atoms with Crippen LogP contribution in [-0.2, 0) is 65.4 Å². The minimum atomic E-state index is -4.96. The molecule has 0 aromatic heterocycles. The number of aliphatic hydroxyl groups excluding tert-OH is 1. The van der Waals surface area contributed by atoms with Crippen LogP contribution in [0.15, 0.2) is 0 Å². The van der Waals surface area contributed by atoms with Gasteiger partial charge in [0.15, 0.2) is 12.2 Å². The van der Waals surface area contributed by atoms with Gasteiger partial charge in [-0.2, -0.15) is 0 Å². The van der Waals surface area contributed by atoms with Gasteiger partial charge in [0.25, 0.3) is 0 Å². The number of phosphoric acid groups is 2. The van der Waals surface area contributed by atoms with Crippen molar-refractivity contribution in [3.8, 4) is 0 Å². The second-order valence-electron chi connectivity index (χ2n) is 28.0. The van der Waals surface area contributed by atoms with Gasteiger partial charge in [0.05, 0.1) is 26.4 Å². The predicted molar refractivity (Wildman–Crippen MR) is 372 cm³/mol. The van der Waals surface area contributed by atoms with Gasteiger partial charge in [-0.05, 0) is 49.4 Å². The van der Waals surface area contributed by atoms with Crippen molar-refractivity contribution >= 4 is 39.5 Å². The molecule has 0 spiro atoms. The van der Waals surface area contributed by atoms with Crippen LogP contribution in [-0.4, -0.2) is 96.7 Å². The number of hydrogen-bond donors (Lipinski definition) is 3. The molecule has 92 heavy (non-hydrogen) atoms. The van der Waals surface area contributed by atoms with E-state index in [-0.39, 0.29) is 25.7 Å². The lowest BCUT2D eigenvalue weighted by Crippen LogP contribution is -2.30. The molecule has 17 nitrogen and oxygen atoms in total. The summed E-state index contributed by atoms with van der Waals surface area (Å²) in [4.78, 5) is 72.6. The molecular weight excluding hydrogens is 1210 g/mol. The fourth-order valence-corrected chi connectivity index (χ4v) is 12.6. The zero-order valence-electron chi connectivity index (χ0n) is 60.2. The lowest BCUT2D eigenvalue weighted by atomic mass is 10.00. The fraction of sp³-hybridized carbons (Fsp3) is 0.945. The van der Waals surface area contributed by atoms with Crippen molar-refractivity contribution in [2.75, 3.05) is 39.6 Å². The molecule has 0 aromatic carbocycles. The summed E-state index contributed by atoms with van der Waals surface area (Å²) >= 11 is 0. The van der Waals surface area contributed by atoms with E-state index in [0.29, 0.717) is 31.6 Å². The summed E-state index contributed by atoms with van der Waals surface area (Å²) in [6.45, 7) is 14.1. The molecule has 0 aliphatic carbocycles. The maximum atomic E-state index is 13.1. The van der Waals surface area contributed by atoms with Crippen molar-refractivity contribution in [1.29, 1.82) is 0 Å². The van der Waals surface area contributed by atoms with Crippen molar-refractivity contribution in [1.82, 2.24) is 0 Å². The van der Waals surface area contributed by atoms with Gasteiger partial charge in [-0.15, -0.1) is 0 Å². The standard InChI is InChI=1S/C73H142O17P2/c1-9-66(8)52-44-36-30-32-38-46-54-71(76)84-60-69(90-73(78)56-48-40-31-29-35-43-51-65(6)7)62-88-92(81,82)86-58-67(74)57-85-91(79,80)87-61-68(59-83-70(75)53-45-37-27-23-19-16-12-14-18-22-26-34-42-50-64(4)5)89-72(77)55-47-39-28-24-20-15-11-10-13-17-21-25-33-41-49-63(2)3/h63-69,74H,9-62H2,1-8H3,(H,79,80)(H,81,82)/t66?,67-,68-,69-/m1/s1. The zero-order valence-corrected chi connectivity index (χ0v) is 62.0. The normalized spacial score (nSPS) is 14.5. The fourth-order valence-electron chi connectivity index (χ4n) is 11.0. The highest BCUT2D eigenvalue weighted by Crippen LogP contribution is 2.45. The maximum absolute atomic E-state index is 13.1. The number of phosphoric ester groups is 2. The monoisotopic (exact) mass is 1350 g/mol. The molecule has 0 aliphatic rings. The van der Waals surface area contributed by atoms with E-state index < -0.39 is 97.5 Å². The van der Waals surface area contributed by atoms with Gasteiger partial charge in [-0.25, -0.2) is 9.13 Å². The van der Waals surface area contributed by atoms with E-state index in [9.17, 15) is 43.2 Å². The Morgan fingerprint density at radius 3 is 0.772 bits per heavy atom. The Morgan fingerprint density at radius 1 is 0.304 bits per heavy atom. The molecular formula is C73H142O17P2. The SMILES string of the molecule is CCC(C)CCCCCCCCC(=O)OC[C@H](COP(=O)(O)OC[C@H](O)COP(=O)(O)OC[C@@H](COC(=O)CCCCCCCCCCCCCCCC(C)C)OC(=O)CCCCCCCCCCCCCCCCC(C)C)OC(=O)CCCCCCCCC(C)C. The molecule has 19 heteroatoms. The minimum Gasteiger partial charge on any atom is -0.462 e. The molecule has 0 rings (SSSR count). The molecule has 0 fully saturated rings. The number of carbonyl (C=O) groups is 4. The van der Waals surface area contributed by atoms with Gasteiger partial charge >= 0.3 is 39.5 Å². The molecule has 0 heterocycles. The first-order chi connectivity index (χ1) is 44.1. The number of aliphatic hydroxyl groups is 1. The van der Waals surface area contributed by atoms with Crippen LogP contribution in [0.2, 0.25) is 0 Å². The van der Waals surface area contributed by atoms with E-state index in [0.717, 1.165) is 114 Å². The van der Waals surface area contributed by atoms with E-state index in [1.165, 1.54) is 161 Å². The Balaban J connectivity index is 5.23. The first-order valence-corrected chi connectivity index (χ1v) is 40.7. The van der Waals surface area contributed by atoms with Gasteiger partial charge in [-0.3, -0.25) is 37.3 Å². The Hall–Kier alpha value is -1.94.